The Morgan fingerprint density at radius 1 is 1.32 bits per heavy atom. The van der Waals surface area contributed by atoms with E-state index in [1.54, 1.807) is 6.26 Å². The molecule has 2 aromatic heterocycles. The fourth-order valence-electron chi connectivity index (χ4n) is 2.98. The molecule has 1 N–H and O–H groups in total. The third-order valence-electron chi connectivity index (χ3n) is 4.54. The highest BCUT2D eigenvalue weighted by molar-refractivity contribution is 5.22. The second kappa shape index (κ2) is 7.07. The zero-order valence-corrected chi connectivity index (χ0v) is 13.5. The van der Waals surface area contributed by atoms with Crippen molar-refractivity contribution >= 4 is 0 Å². The molecule has 3 rings (SSSR count). The number of pyridine rings is 1. The summed E-state index contributed by atoms with van der Waals surface area (Å²) in [6.45, 7) is 8.28. The summed E-state index contributed by atoms with van der Waals surface area (Å²) in [5.41, 5.74) is 3.67. The van der Waals surface area contributed by atoms with Gasteiger partial charge in [-0.1, -0.05) is 6.07 Å². The van der Waals surface area contributed by atoms with Crippen molar-refractivity contribution in [3.63, 3.8) is 0 Å². The predicted molar refractivity (Wildman–Crippen MR) is 87.6 cm³/mol. The summed E-state index contributed by atoms with van der Waals surface area (Å²) >= 11 is 0. The summed E-state index contributed by atoms with van der Waals surface area (Å²) in [4.78, 5) is 6.90. The first kappa shape index (κ1) is 15.3. The Balaban J connectivity index is 1.43. The normalized spacial score (nSPS) is 17.0. The molecule has 1 saturated heterocycles. The number of nitrogens with zero attached hydrogens (tertiary/aromatic N) is 2. The molecule has 22 heavy (non-hydrogen) atoms. The Bertz CT molecular complexity index is 586. The molecule has 118 valence electrons. The second-order valence-electron chi connectivity index (χ2n) is 6.26. The molecule has 4 heteroatoms. The van der Waals surface area contributed by atoms with Crippen LogP contribution in [0.1, 0.15) is 35.4 Å². The molecule has 0 spiro atoms. The van der Waals surface area contributed by atoms with Gasteiger partial charge in [0.2, 0.25) is 0 Å². The lowest BCUT2D eigenvalue weighted by Gasteiger charge is -2.31. The zero-order chi connectivity index (χ0) is 15.4. The SMILES string of the molecule is Cc1cc(CNC2CCN(Cc3ccco3)CC2)cnc1C. The van der Waals surface area contributed by atoms with Gasteiger partial charge < -0.3 is 9.73 Å². The van der Waals surface area contributed by atoms with Crippen molar-refractivity contribution in [3.8, 4) is 0 Å². The number of furan rings is 1. The van der Waals surface area contributed by atoms with Crippen molar-refractivity contribution in [2.24, 2.45) is 0 Å². The maximum absolute atomic E-state index is 5.42. The van der Waals surface area contributed by atoms with Gasteiger partial charge >= 0.3 is 0 Å². The molecule has 1 fully saturated rings. The van der Waals surface area contributed by atoms with Gasteiger partial charge in [-0.3, -0.25) is 9.88 Å². The van der Waals surface area contributed by atoms with E-state index >= 15 is 0 Å². The summed E-state index contributed by atoms with van der Waals surface area (Å²) in [7, 11) is 0. The number of likely N-dealkylation sites (tertiary alicyclic amines) is 1. The molecule has 0 aromatic carbocycles. The minimum atomic E-state index is 0.606. The molecule has 3 heterocycles. The summed E-state index contributed by atoms with van der Waals surface area (Å²) in [5.74, 6) is 1.06. The Labute approximate surface area is 132 Å². The van der Waals surface area contributed by atoms with Crippen LogP contribution in [0.3, 0.4) is 0 Å². The Morgan fingerprint density at radius 2 is 2.14 bits per heavy atom. The number of aromatic nitrogens is 1. The number of hydrogen-bond acceptors (Lipinski definition) is 4. The predicted octanol–water partition coefficient (Wildman–Crippen LogP) is 3.05. The van der Waals surface area contributed by atoms with Gasteiger partial charge in [0.15, 0.2) is 0 Å². The van der Waals surface area contributed by atoms with Gasteiger partial charge in [-0.2, -0.15) is 0 Å². The number of hydrogen-bond donors (Lipinski definition) is 1. The van der Waals surface area contributed by atoms with E-state index < -0.39 is 0 Å². The third-order valence-corrected chi connectivity index (χ3v) is 4.54. The highest BCUT2D eigenvalue weighted by Gasteiger charge is 2.19. The molecule has 0 atom stereocenters. The average molecular weight is 299 g/mol. The van der Waals surface area contributed by atoms with Crippen LogP contribution in [0, 0.1) is 13.8 Å². The fourth-order valence-corrected chi connectivity index (χ4v) is 2.98. The molecule has 0 amide bonds. The maximum Gasteiger partial charge on any atom is 0.117 e. The lowest BCUT2D eigenvalue weighted by Crippen LogP contribution is -2.41. The van der Waals surface area contributed by atoms with Crippen LogP contribution >= 0.6 is 0 Å². The summed E-state index contributed by atoms with van der Waals surface area (Å²) in [5, 5.41) is 3.67. The van der Waals surface area contributed by atoms with E-state index in [-0.39, 0.29) is 0 Å². The lowest BCUT2D eigenvalue weighted by atomic mass is 10.0. The summed E-state index contributed by atoms with van der Waals surface area (Å²) in [6.07, 6.45) is 6.13. The monoisotopic (exact) mass is 299 g/mol. The molecule has 4 nitrogen and oxygen atoms in total. The van der Waals surface area contributed by atoms with Crippen LogP contribution in [0.4, 0.5) is 0 Å². The number of nitrogens with one attached hydrogen (secondary N) is 1. The van der Waals surface area contributed by atoms with Crippen molar-refractivity contribution in [2.75, 3.05) is 13.1 Å². The maximum atomic E-state index is 5.42. The summed E-state index contributed by atoms with van der Waals surface area (Å²) in [6, 6.07) is 6.86. The van der Waals surface area contributed by atoms with E-state index in [1.807, 2.05) is 12.3 Å². The largest absolute Gasteiger partial charge is 0.468 e. The van der Waals surface area contributed by atoms with Gasteiger partial charge in [0.05, 0.1) is 12.8 Å². The van der Waals surface area contributed by atoms with E-state index in [4.69, 9.17) is 4.42 Å². The van der Waals surface area contributed by atoms with Crippen LogP contribution in [0.2, 0.25) is 0 Å². The topological polar surface area (TPSA) is 41.3 Å². The number of rotatable bonds is 5. The van der Waals surface area contributed by atoms with Gasteiger partial charge in [-0.15, -0.1) is 0 Å². The van der Waals surface area contributed by atoms with Crippen LogP contribution in [0.15, 0.2) is 35.1 Å². The van der Waals surface area contributed by atoms with Crippen LogP contribution in [-0.2, 0) is 13.1 Å². The second-order valence-corrected chi connectivity index (χ2v) is 6.26. The Morgan fingerprint density at radius 3 is 2.82 bits per heavy atom. The Hall–Kier alpha value is -1.65. The fraction of sp³-hybridized carbons (Fsp3) is 0.500. The van der Waals surface area contributed by atoms with E-state index in [0.717, 1.165) is 37.6 Å². The third kappa shape index (κ3) is 3.96. The van der Waals surface area contributed by atoms with Crippen molar-refractivity contribution in [3.05, 3.63) is 53.2 Å². The van der Waals surface area contributed by atoms with Gasteiger partial charge in [0, 0.05) is 37.6 Å². The van der Waals surface area contributed by atoms with Gasteiger partial charge in [0.25, 0.3) is 0 Å². The molecular weight excluding hydrogens is 274 g/mol. The van der Waals surface area contributed by atoms with Gasteiger partial charge in [-0.25, -0.2) is 0 Å². The Kier molecular flexibility index (Phi) is 4.90. The van der Waals surface area contributed by atoms with Crippen LogP contribution in [0.25, 0.3) is 0 Å². The van der Waals surface area contributed by atoms with Gasteiger partial charge in [-0.05, 0) is 49.9 Å². The molecule has 1 aliphatic rings. The molecule has 0 unspecified atom stereocenters. The van der Waals surface area contributed by atoms with Crippen LogP contribution in [0.5, 0.6) is 0 Å². The average Bonchev–Trinajstić information content (AvgIpc) is 3.03. The molecule has 0 bridgehead atoms. The number of aryl methyl sites for hydroxylation is 2. The van der Waals surface area contributed by atoms with Crippen LogP contribution < -0.4 is 5.32 Å². The molecule has 0 saturated carbocycles. The first-order valence-corrected chi connectivity index (χ1v) is 8.11. The minimum absolute atomic E-state index is 0.606. The molecular formula is C18H25N3O. The van der Waals surface area contributed by atoms with Crippen molar-refractivity contribution in [1.29, 1.82) is 0 Å². The smallest absolute Gasteiger partial charge is 0.117 e. The first-order chi connectivity index (χ1) is 10.7. The molecule has 0 radical (unpaired) electrons. The highest BCUT2D eigenvalue weighted by Crippen LogP contribution is 2.15. The number of piperidine rings is 1. The summed E-state index contributed by atoms with van der Waals surface area (Å²) < 4.78 is 5.42. The molecule has 1 aliphatic heterocycles. The zero-order valence-electron chi connectivity index (χ0n) is 13.5. The van der Waals surface area contributed by atoms with Gasteiger partial charge in [0.1, 0.15) is 5.76 Å². The first-order valence-electron chi connectivity index (χ1n) is 8.11. The quantitative estimate of drug-likeness (QED) is 0.921. The van der Waals surface area contributed by atoms with E-state index in [2.05, 4.69) is 41.2 Å². The molecule has 2 aromatic rings. The minimum Gasteiger partial charge on any atom is -0.468 e. The van der Waals surface area contributed by atoms with E-state index in [0.29, 0.717) is 6.04 Å². The lowest BCUT2D eigenvalue weighted by molar-refractivity contribution is 0.178. The van der Waals surface area contributed by atoms with E-state index in [1.165, 1.54) is 24.0 Å². The standard InChI is InChI=1S/C18H25N3O/c1-14-10-16(11-19-15(14)2)12-20-17-5-7-21(8-6-17)13-18-4-3-9-22-18/h3-4,9-11,17,20H,5-8,12-13H2,1-2H3. The van der Waals surface area contributed by atoms with E-state index in [9.17, 15) is 0 Å². The van der Waals surface area contributed by atoms with Crippen molar-refractivity contribution < 1.29 is 4.42 Å². The molecule has 0 aliphatic carbocycles. The highest BCUT2D eigenvalue weighted by atomic mass is 16.3. The van der Waals surface area contributed by atoms with Crippen LogP contribution in [-0.4, -0.2) is 29.0 Å². The van der Waals surface area contributed by atoms with Crippen molar-refractivity contribution in [1.82, 2.24) is 15.2 Å². The van der Waals surface area contributed by atoms with Crippen molar-refractivity contribution in [2.45, 2.75) is 45.8 Å².